The maximum Gasteiger partial charge on any atom is 0.338 e. The molecule has 27 heavy (non-hydrogen) atoms. The van der Waals surface area contributed by atoms with E-state index in [1.165, 1.54) is 35.6 Å². The van der Waals surface area contributed by atoms with Gasteiger partial charge in [-0.3, -0.25) is 0 Å². The van der Waals surface area contributed by atoms with Gasteiger partial charge < -0.3 is 9.47 Å². The molecule has 0 spiro atoms. The van der Waals surface area contributed by atoms with E-state index in [2.05, 4.69) is 0 Å². The highest BCUT2D eigenvalue weighted by Gasteiger charge is 2.24. The lowest BCUT2D eigenvalue weighted by atomic mass is 10.2. The molecule has 0 heterocycles. The van der Waals surface area contributed by atoms with Crippen LogP contribution in [0.2, 0.25) is 0 Å². The Morgan fingerprint density at radius 3 is 2.44 bits per heavy atom. The first-order valence-corrected chi connectivity index (χ1v) is 10.1. The highest BCUT2D eigenvalue weighted by atomic mass is 32.2. The summed E-state index contributed by atoms with van der Waals surface area (Å²) in [5.41, 5.74) is 1.26. The van der Waals surface area contributed by atoms with E-state index in [0.29, 0.717) is 5.75 Å². The maximum atomic E-state index is 12.5. The molecule has 0 radical (unpaired) electrons. The van der Waals surface area contributed by atoms with Gasteiger partial charge in [0, 0.05) is 13.1 Å². The molecule has 0 atom stereocenters. The van der Waals surface area contributed by atoms with Crippen LogP contribution in [0, 0.1) is 6.92 Å². The van der Waals surface area contributed by atoms with Crippen LogP contribution >= 0.6 is 0 Å². The third kappa shape index (κ3) is 5.55. The number of ether oxygens (including phenoxy) is 2. The predicted octanol–water partition coefficient (Wildman–Crippen LogP) is 3.26. The summed E-state index contributed by atoms with van der Waals surface area (Å²) < 4.78 is 37.1. The topological polar surface area (TPSA) is 72.9 Å². The minimum atomic E-state index is -3.66. The number of sulfonamides is 1. The fourth-order valence-electron chi connectivity index (χ4n) is 2.31. The van der Waals surface area contributed by atoms with E-state index in [-0.39, 0.29) is 29.7 Å². The van der Waals surface area contributed by atoms with Crippen LogP contribution in [-0.2, 0) is 14.8 Å². The lowest BCUT2D eigenvalue weighted by Crippen LogP contribution is -2.33. The van der Waals surface area contributed by atoms with Gasteiger partial charge in [0.05, 0.1) is 10.5 Å². The van der Waals surface area contributed by atoms with Crippen LogP contribution in [0.4, 0.5) is 0 Å². The van der Waals surface area contributed by atoms with Crippen LogP contribution in [0.25, 0.3) is 0 Å². The predicted molar refractivity (Wildman–Crippen MR) is 103 cm³/mol. The summed E-state index contributed by atoms with van der Waals surface area (Å²) in [5.74, 6) is 0.114. The van der Waals surface area contributed by atoms with Gasteiger partial charge in [-0.15, -0.1) is 0 Å². The molecule has 0 aliphatic carbocycles. The van der Waals surface area contributed by atoms with Gasteiger partial charge in [0.25, 0.3) is 0 Å². The van der Waals surface area contributed by atoms with Crippen LogP contribution in [0.15, 0.2) is 53.4 Å². The third-order valence-electron chi connectivity index (χ3n) is 4.05. The highest BCUT2D eigenvalue weighted by molar-refractivity contribution is 7.89. The van der Waals surface area contributed by atoms with Crippen LogP contribution in [0.3, 0.4) is 0 Å². The van der Waals surface area contributed by atoms with E-state index in [4.69, 9.17) is 9.47 Å². The SMILES string of the molecule is Cc1cccc(OCCOC(=O)c2cccc(S(=O)(=O)N(C)C(C)C)c2)c1. The molecule has 7 heteroatoms. The molecular formula is C20H25NO5S. The smallest absolute Gasteiger partial charge is 0.338 e. The van der Waals surface area contributed by atoms with Gasteiger partial charge in [0.2, 0.25) is 10.0 Å². The van der Waals surface area contributed by atoms with Crippen molar-refractivity contribution in [3.8, 4) is 5.75 Å². The lowest BCUT2D eigenvalue weighted by Gasteiger charge is -2.21. The Morgan fingerprint density at radius 2 is 1.78 bits per heavy atom. The van der Waals surface area contributed by atoms with E-state index < -0.39 is 16.0 Å². The van der Waals surface area contributed by atoms with Crippen molar-refractivity contribution < 1.29 is 22.7 Å². The molecule has 6 nitrogen and oxygen atoms in total. The zero-order valence-corrected chi connectivity index (χ0v) is 16.8. The summed E-state index contributed by atoms with van der Waals surface area (Å²) in [5, 5.41) is 0. The number of carbonyl (C=O) groups is 1. The Hall–Kier alpha value is -2.38. The second kappa shape index (κ2) is 9.01. The van der Waals surface area contributed by atoms with Gasteiger partial charge in [-0.2, -0.15) is 4.31 Å². The first-order valence-electron chi connectivity index (χ1n) is 8.66. The molecule has 0 saturated carbocycles. The van der Waals surface area contributed by atoms with E-state index >= 15 is 0 Å². The number of rotatable bonds is 8. The number of nitrogens with zero attached hydrogens (tertiary/aromatic N) is 1. The monoisotopic (exact) mass is 391 g/mol. The average Bonchev–Trinajstić information content (AvgIpc) is 2.64. The van der Waals surface area contributed by atoms with Gasteiger partial charge in [-0.25, -0.2) is 13.2 Å². The molecule has 0 aromatic heterocycles. The largest absolute Gasteiger partial charge is 0.490 e. The minimum absolute atomic E-state index is 0.0594. The summed E-state index contributed by atoms with van der Waals surface area (Å²) in [7, 11) is -2.15. The zero-order valence-electron chi connectivity index (χ0n) is 16.0. The van der Waals surface area contributed by atoms with E-state index in [1.54, 1.807) is 13.8 Å². The molecule has 0 amide bonds. The maximum absolute atomic E-state index is 12.5. The highest BCUT2D eigenvalue weighted by Crippen LogP contribution is 2.18. The van der Waals surface area contributed by atoms with Crippen molar-refractivity contribution in [1.82, 2.24) is 4.31 Å². The fourth-order valence-corrected chi connectivity index (χ4v) is 3.72. The van der Waals surface area contributed by atoms with Gasteiger partial charge in [0.15, 0.2) is 0 Å². The van der Waals surface area contributed by atoms with Crippen molar-refractivity contribution in [2.45, 2.75) is 31.7 Å². The van der Waals surface area contributed by atoms with Crippen molar-refractivity contribution in [3.05, 3.63) is 59.7 Å². The number of hydrogen-bond acceptors (Lipinski definition) is 5. The Morgan fingerprint density at radius 1 is 1.07 bits per heavy atom. The van der Waals surface area contributed by atoms with Crippen molar-refractivity contribution in [2.75, 3.05) is 20.3 Å². The van der Waals surface area contributed by atoms with E-state index in [0.717, 1.165) is 5.56 Å². The molecule has 2 rings (SSSR count). The van der Waals surface area contributed by atoms with Crippen LogP contribution < -0.4 is 4.74 Å². The standard InChI is InChI=1S/C20H25NO5S/c1-15(2)21(4)27(23,24)19-10-6-8-17(14-19)20(22)26-12-11-25-18-9-5-7-16(3)13-18/h5-10,13-15H,11-12H2,1-4H3. The second-order valence-electron chi connectivity index (χ2n) is 6.44. The third-order valence-corrected chi connectivity index (χ3v) is 6.08. The molecule has 0 aliphatic rings. The van der Waals surface area contributed by atoms with Gasteiger partial charge in [-0.05, 0) is 56.7 Å². The Balaban J connectivity index is 1.97. The molecule has 0 N–H and O–H groups in total. The average molecular weight is 391 g/mol. The normalized spacial score (nSPS) is 11.6. The van der Waals surface area contributed by atoms with Crippen LogP contribution in [-0.4, -0.2) is 45.0 Å². The van der Waals surface area contributed by atoms with Gasteiger partial charge in [-0.1, -0.05) is 18.2 Å². The molecule has 0 unspecified atom stereocenters. The molecule has 146 valence electrons. The number of hydrogen-bond donors (Lipinski definition) is 0. The Kier molecular flexibility index (Phi) is 6.98. The van der Waals surface area contributed by atoms with Gasteiger partial charge >= 0.3 is 5.97 Å². The molecular weight excluding hydrogens is 366 g/mol. The van der Waals surface area contributed by atoms with Crippen molar-refractivity contribution in [2.24, 2.45) is 0 Å². The summed E-state index contributed by atoms with van der Waals surface area (Å²) in [6, 6.07) is 13.2. The van der Waals surface area contributed by atoms with Gasteiger partial charge in [0.1, 0.15) is 19.0 Å². The Bertz CT molecular complexity index is 893. The fraction of sp³-hybridized carbons (Fsp3) is 0.350. The second-order valence-corrected chi connectivity index (χ2v) is 8.44. The summed E-state index contributed by atoms with van der Waals surface area (Å²) in [6.07, 6.45) is 0. The lowest BCUT2D eigenvalue weighted by molar-refractivity contribution is 0.0450. The first-order chi connectivity index (χ1) is 12.7. The number of carbonyl (C=O) groups excluding carboxylic acids is 1. The van der Waals surface area contributed by atoms with Crippen molar-refractivity contribution in [3.63, 3.8) is 0 Å². The van der Waals surface area contributed by atoms with Crippen LogP contribution in [0.1, 0.15) is 29.8 Å². The molecule has 0 aliphatic heterocycles. The van der Waals surface area contributed by atoms with Crippen molar-refractivity contribution >= 4 is 16.0 Å². The Labute approximate surface area is 160 Å². The number of aryl methyl sites for hydroxylation is 1. The van der Waals surface area contributed by atoms with Crippen LogP contribution in [0.5, 0.6) is 5.75 Å². The zero-order chi connectivity index (χ0) is 20.0. The van der Waals surface area contributed by atoms with E-state index in [1.807, 2.05) is 31.2 Å². The molecule has 0 saturated heterocycles. The quantitative estimate of drug-likeness (QED) is 0.510. The summed E-state index contributed by atoms with van der Waals surface area (Å²) in [6.45, 7) is 5.80. The minimum Gasteiger partial charge on any atom is -0.490 e. The summed E-state index contributed by atoms with van der Waals surface area (Å²) >= 11 is 0. The molecule has 2 aromatic rings. The first kappa shape index (κ1) is 20.9. The summed E-state index contributed by atoms with van der Waals surface area (Å²) in [4.78, 5) is 12.3. The number of benzene rings is 2. The van der Waals surface area contributed by atoms with E-state index in [9.17, 15) is 13.2 Å². The number of esters is 1. The molecule has 0 bridgehead atoms. The van der Waals surface area contributed by atoms with Crippen molar-refractivity contribution in [1.29, 1.82) is 0 Å². The molecule has 2 aromatic carbocycles. The molecule has 0 fully saturated rings.